The standard InChI is InChI=1S/C24H32N4O2/c1-4-22(29)27-12-6-9-19(16-27)23-25-17(2)21-11-7-13-28(24(21)26-23)15-18-8-5-10-20(14-18)30-3/h5,8,10,14,19H,4,6-7,9,11-13,15-16H2,1-3H3/t19-/m0/s1. The Morgan fingerprint density at radius 2 is 2.10 bits per heavy atom. The molecule has 6 nitrogen and oxygen atoms in total. The van der Waals surface area contributed by atoms with E-state index in [4.69, 9.17) is 14.7 Å². The molecule has 0 saturated carbocycles. The van der Waals surface area contributed by atoms with Crippen LogP contribution in [-0.2, 0) is 17.8 Å². The zero-order valence-electron chi connectivity index (χ0n) is 18.4. The molecule has 4 rings (SSSR count). The zero-order valence-corrected chi connectivity index (χ0v) is 18.4. The van der Waals surface area contributed by atoms with Crippen molar-refractivity contribution in [3.8, 4) is 5.75 Å². The van der Waals surface area contributed by atoms with Gasteiger partial charge in [0.05, 0.1) is 7.11 Å². The lowest BCUT2D eigenvalue weighted by atomic mass is 9.95. The predicted molar refractivity (Wildman–Crippen MR) is 118 cm³/mol. The molecule has 0 spiro atoms. The number of fused-ring (bicyclic) bond motifs is 1. The predicted octanol–water partition coefficient (Wildman–Crippen LogP) is 3.86. The largest absolute Gasteiger partial charge is 0.497 e. The van der Waals surface area contributed by atoms with E-state index in [1.165, 1.54) is 11.1 Å². The molecule has 1 fully saturated rings. The molecule has 160 valence electrons. The van der Waals surface area contributed by atoms with Gasteiger partial charge in [-0.25, -0.2) is 9.97 Å². The number of benzene rings is 1. The Kier molecular flexibility index (Phi) is 6.21. The van der Waals surface area contributed by atoms with E-state index in [0.29, 0.717) is 6.42 Å². The smallest absolute Gasteiger partial charge is 0.222 e. The minimum absolute atomic E-state index is 0.221. The van der Waals surface area contributed by atoms with Crippen molar-refractivity contribution in [2.45, 2.75) is 58.4 Å². The van der Waals surface area contributed by atoms with Crippen LogP contribution in [-0.4, -0.2) is 47.5 Å². The first-order chi connectivity index (χ1) is 14.6. The van der Waals surface area contributed by atoms with Crippen LogP contribution in [0.25, 0.3) is 0 Å². The number of aromatic nitrogens is 2. The van der Waals surface area contributed by atoms with Crippen LogP contribution in [0.1, 0.15) is 61.2 Å². The number of aryl methyl sites for hydroxylation is 1. The zero-order chi connectivity index (χ0) is 21.1. The van der Waals surface area contributed by atoms with Gasteiger partial charge in [0.25, 0.3) is 0 Å². The minimum atomic E-state index is 0.221. The van der Waals surface area contributed by atoms with E-state index < -0.39 is 0 Å². The summed E-state index contributed by atoms with van der Waals surface area (Å²) in [6, 6.07) is 8.25. The van der Waals surface area contributed by atoms with E-state index in [-0.39, 0.29) is 11.8 Å². The molecule has 0 bridgehead atoms. The van der Waals surface area contributed by atoms with Gasteiger partial charge in [0.2, 0.25) is 5.91 Å². The van der Waals surface area contributed by atoms with Crippen LogP contribution in [0, 0.1) is 6.92 Å². The van der Waals surface area contributed by atoms with Crippen LogP contribution in [0.2, 0.25) is 0 Å². The van der Waals surface area contributed by atoms with Gasteiger partial charge < -0.3 is 14.5 Å². The highest BCUT2D eigenvalue weighted by Gasteiger charge is 2.29. The summed E-state index contributed by atoms with van der Waals surface area (Å²) >= 11 is 0. The fraction of sp³-hybridized carbons (Fsp3) is 0.542. The fourth-order valence-electron chi connectivity index (χ4n) is 4.67. The van der Waals surface area contributed by atoms with Gasteiger partial charge in [-0.1, -0.05) is 19.1 Å². The van der Waals surface area contributed by atoms with Gasteiger partial charge >= 0.3 is 0 Å². The molecule has 0 radical (unpaired) electrons. The van der Waals surface area contributed by atoms with Gasteiger partial charge in [-0.3, -0.25) is 4.79 Å². The summed E-state index contributed by atoms with van der Waals surface area (Å²) in [5.41, 5.74) is 3.58. The van der Waals surface area contributed by atoms with Crippen molar-refractivity contribution in [2.24, 2.45) is 0 Å². The summed E-state index contributed by atoms with van der Waals surface area (Å²) in [5.74, 6) is 3.31. The minimum Gasteiger partial charge on any atom is -0.497 e. The molecule has 1 saturated heterocycles. The Morgan fingerprint density at radius 1 is 1.23 bits per heavy atom. The molecule has 1 aromatic carbocycles. The van der Waals surface area contributed by atoms with Gasteiger partial charge in [-0.15, -0.1) is 0 Å². The van der Waals surface area contributed by atoms with E-state index in [0.717, 1.165) is 74.9 Å². The molecule has 0 unspecified atom stereocenters. The number of anilines is 1. The summed E-state index contributed by atoms with van der Waals surface area (Å²) in [4.78, 5) is 26.6. The Hall–Kier alpha value is -2.63. The van der Waals surface area contributed by atoms with E-state index in [9.17, 15) is 4.79 Å². The Bertz CT molecular complexity index is 914. The molecule has 6 heteroatoms. The highest BCUT2D eigenvalue weighted by Crippen LogP contribution is 2.32. The van der Waals surface area contributed by atoms with Crippen molar-refractivity contribution in [2.75, 3.05) is 31.6 Å². The van der Waals surface area contributed by atoms with Crippen LogP contribution >= 0.6 is 0 Å². The number of carbonyl (C=O) groups excluding carboxylic acids is 1. The molecule has 2 aliphatic rings. The van der Waals surface area contributed by atoms with Gasteiger partial charge in [0.1, 0.15) is 17.4 Å². The highest BCUT2D eigenvalue weighted by atomic mass is 16.5. The maximum absolute atomic E-state index is 12.2. The number of hydrogen-bond acceptors (Lipinski definition) is 5. The molecule has 1 amide bonds. The van der Waals surface area contributed by atoms with E-state index in [2.05, 4.69) is 24.0 Å². The van der Waals surface area contributed by atoms with Gasteiger partial charge in [0, 0.05) is 49.8 Å². The lowest BCUT2D eigenvalue weighted by molar-refractivity contribution is -0.132. The first kappa shape index (κ1) is 20.6. The fourth-order valence-corrected chi connectivity index (χ4v) is 4.67. The van der Waals surface area contributed by atoms with Crippen LogP contribution in [0.15, 0.2) is 24.3 Å². The van der Waals surface area contributed by atoms with Crippen molar-refractivity contribution in [1.82, 2.24) is 14.9 Å². The lowest BCUT2D eigenvalue weighted by Gasteiger charge is -2.34. The number of amides is 1. The summed E-state index contributed by atoms with van der Waals surface area (Å²) in [6.45, 7) is 7.44. The molecule has 2 aliphatic heterocycles. The third kappa shape index (κ3) is 4.27. The summed E-state index contributed by atoms with van der Waals surface area (Å²) in [6.07, 6.45) is 4.76. The second-order valence-corrected chi connectivity index (χ2v) is 8.38. The average Bonchev–Trinajstić information content (AvgIpc) is 2.79. The van der Waals surface area contributed by atoms with Crippen LogP contribution < -0.4 is 9.64 Å². The average molecular weight is 409 g/mol. The van der Waals surface area contributed by atoms with Gasteiger partial charge in [-0.05, 0) is 50.3 Å². The number of piperidine rings is 1. The number of hydrogen-bond donors (Lipinski definition) is 0. The summed E-state index contributed by atoms with van der Waals surface area (Å²) < 4.78 is 5.39. The van der Waals surface area contributed by atoms with E-state index in [1.807, 2.05) is 24.0 Å². The topological polar surface area (TPSA) is 58.6 Å². The van der Waals surface area contributed by atoms with Gasteiger partial charge in [0.15, 0.2) is 0 Å². The van der Waals surface area contributed by atoms with E-state index in [1.54, 1.807) is 7.11 Å². The van der Waals surface area contributed by atoms with Crippen LogP contribution in [0.3, 0.4) is 0 Å². The Labute approximate surface area is 179 Å². The molecular formula is C24H32N4O2. The molecule has 3 heterocycles. The first-order valence-electron chi connectivity index (χ1n) is 11.1. The highest BCUT2D eigenvalue weighted by molar-refractivity contribution is 5.76. The van der Waals surface area contributed by atoms with Crippen molar-refractivity contribution < 1.29 is 9.53 Å². The molecule has 0 aliphatic carbocycles. The Morgan fingerprint density at radius 3 is 2.90 bits per heavy atom. The van der Waals surface area contributed by atoms with Crippen molar-refractivity contribution in [3.63, 3.8) is 0 Å². The van der Waals surface area contributed by atoms with Crippen LogP contribution in [0.4, 0.5) is 5.82 Å². The molecule has 1 atom stereocenters. The lowest BCUT2D eigenvalue weighted by Crippen LogP contribution is -2.39. The summed E-state index contributed by atoms with van der Waals surface area (Å²) in [5, 5.41) is 0. The quantitative estimate of drug-likeness (QED) is 0.752. The Balaban J connectivity index is 1.61. The number of methoxy groups -OCH3 is 1. The van der Waals surface area contributed by atoms with Crippen LogP contribution in [0.5, 0.6) is 5.75 Å². The van der Waals surface area contributed by atoms with Gasteiger partial charge in [-0.2, -0.15) is 0 Å². The normalized spacial score (nSPS) is 18.8. The molecule has 0 N–H and O–H groups in total. The maximum atomic E-state index is 12.2. The van der Waals surface area contributed by atoms with E-state index >= 15 is 0 Å². The number of rotatable bonds is 5. The molecule has 2 aromatic rings. The third-order valence-electron chi connectivity index (χ3n) is 6.31. The monoisotopic (exact) mass is 408 g/mol. The summed E-state index contributed by atoms with van der Waals surface area (Å²) in [7, 11) is 1.70. The first-order valence-corrected chi connectivity index (χ1v) is 11.1. The second kappa shape index (κ2) is 9.02. The molecule has 1 aromatic heterocycles. The third-order valence-corrected chi connectivity index (χ3v) is 6.31. The number of likely N-dealkylation sites (tertiary alicyclic amines) is 1. The SMILES string of the molecule is CCC(=O)N1CCC[C@H](c2nc(C)c3c(n2)N(Cc2cccc(OC)c2)CCC3)C1. The number of nitrogens with zero attached hydrogens (tertiary/aromatic N) is 4. The molecular weight excluding hydrogens is 376 g/mol. The number of ether oxygens (including phenoxy) is 1. The van der Waals surface area contributed by atoms with Crippen molar-refractivity contribution >= 4 is 11.7 Å². The number of carbonyl (C=O) groups is 1. The maximum Gasteiger partial charge on any atom is 0.222 e. The second-order valence-electron chi connectivity index (χ2n) is 8.38. The van der Waals surface area contributed by atoms with Crippen molar-refractivity contribution in [1.29, 1.82) is 0 Å². The molecule has 30 heavy (non-hydrogen) atoms. The van der Waals surface area contributed by atoms with Crippen molar-refractivity contribution in [3.05, 3.63) is 46.9 Å².